The lowest BCUT2D eigenvalue weighted by atomic mass is 9.93. The third-order valence-electron chi connectivity index (χ3n) is 4.41. The molecular formula is C18H17ClN4O. The molecule has 1 aromatic heterocycles. The molecule has 0 saturated heterocycles. The maximum Gasteiger partial charge on any atom is 0.222 e. The van der Waals surface area contributed by atoms with Gasteiger partial charge in [0.15, 0.2) is 0 Å². The van der Waals surface area contributed by atoms with Gasteiger partial charge in [-0.15, -0.1) is 0 Å². The van der Waals surface area contributed by atoms with Crippen LogP contribution in [0.3, 0.4) is 0 Å². The molecule has 5 nitrogen and oxygen atoms in total. The zero-order valence-corrected chi connectivity index (χ0v) is 13.9. The third-order valence-corrected chi connectivity index (χ3v) is 4.76. The fraction of sp³-hybridized carbons (Fsp3) is 0.222. The number of aromatic nitrogens is 3. The zero-order chi connectivity index (χ0) is 16.5. The van der Waals surface area contributed by atoms with E-state index >= 15 is 0 Å². The second-order valence-corrected chi connectivity index (χ2v) is 6.18. The van der Waals surface area contributed by atoms with E-state index in [4.69, 9.17) is 16.3 Å². The molecule has 0 fully saturated rings. The standard InChI is InChI=1S/C18H17ClN4O/c1-24-13-8-6-12(7-9-13)17-10-16(14-4-2-3-5-15(14)19)22-18-20-11-21-23(17)18/h2-9,11,16-17H,10H2,1H3,(H,20,21,22)/t16-,17+/m0/s1. The topological polar surface area (TPSA) is 52.0 Å². The number of nitrogens with one attached hydrogen (secondary N) is 1. The van der Waals surface area contributed by atoms with E-state index in [2.05, 4.69) is 33.6 Å². The number of fused-ring (bicyclic) bond motifs is 1. The smallest absolute Gasteiger partial charge is 0.222 e. The Labute approximate surface area is 145 Å². The summed E-state index contributed by atoms with van der Waals surface area (Å²) in [7, 11) is 1.67. The summed E-state index contributed by atoms with van der Waals surface area (Å²) in [5.74, 6) is 1.60. The Morgan fingerprint density at radius 1 is 1.17 bits per heavy atom. The maximum absolute atomic E-state index is 6.39. The Morgan fingerprint density at radius 3 is 2.71 bits per heavy atom. The summed E-state index contributed by atoms with van der Waals surface area (Å²) in [5.41, 5.74) is 2.24. The number of methoxy groups -OCH3 is 1. The Morgan fingerprint density at radius 2 is 1.96 bits per heavy atom. The number of hydrogen-bond donors (Lipinski definition) is 1. The minimum absolute atomic E-state index is 0.0856. The van der Waals surface area contributed by atoms with Crippen LogP contribution in [0.15, 0.2) is 54.9 Å². The molecule has 2 heterocycles. The van der Waals surface area contributed by atoms with Gasteiger partial charge < -0.3 is 10.1 Å². The maximum atomic E-state index is 6.39. The van der Waals surface area contributed by atoms with E-state index in [1.165, 1.54) is 5.56 Å². The molecule has 6 heteroatoms. The van der Waals surface area contributed by atoms with Crippen LogP contribution < -0.4 is 10.1 Å². The number of benzene rings is 2. The Hall–Kier alpha value is -2.53. The van der Waals surface area contributed by atoms with Gasteiger partial charge in [-0.1, -0.05) is 41.9 Å². The Bertz CT molecular complexity index is 846. The lowest BCUT2D eigenvalue weighted by Crippen LogP contribution is -2.28. The predicted octanol–water partition coefficient (Wildman–Crippen LogP) is 4.09. The molecule has 1 aliphatic rings. The first-order chi connectivity index (χ1) is 11.8. The van der Waals surface area contributed by atoms with Crippen molar-refractivity contribution in [2.24, 2.45) is 0 Å². The summed E-state index contributed by atoms with van der Waals surface area (Å²) in [5, 5.41) is 8.58. The number of hydrogen-bond acceptors (Lipinski definition) is 4. The monoisotopic (exact) mass is 340 g/mol. The van der Waals surface area contributed by atoms with Gasteiger partial charge in [0.1, 0.15) is 12.1 Å². The zero-order valence-electron chi connectivity index (χ0n) is 13.2. The van der Waals surface area contributed by atoms with Crippen LogP contribution in [0.25, 0.3) is 0 Å². The summed E-state index contributed by atoms with van der Waals surface area (Å²) < 4.78 is 7.18. The number of ether oxygens (including phenoxy) is 1. The summed E-state index contributed by atoms with van der Waals surface area (Å²) in [4.78, 5) is 4.34. The quantitative estimate of drug-likeness (QED) is 0.780. The molecule has 0 unspecified atom stereocenters. The predicted molar refractivity (Wildman–Crippen MR) is 93.6 cm³/mol. The van der Waals surface area contributed by atoms with Crippen molar-refractivity contribution in [3.8, 4) is 5.75 Å². The van der Waals surface area contributed by atoms with Crippen LogP contribution in [0.2, 0.25) is 5.02 Å². The molecule has 1 aliphatic heterocycles. The lowest BCUT2D eigenvalue weighted by molar-refractivity contribution is 0.411. The van der Waals surface area contributed by atoms with Crippen molar-refractivity contribution < 1.29 is 4.74 Å². The number of halogens is 1. The van der Waals surface area contributed by atoms with Gasteiger partial charge in [-0.05, 0) is 35.7 Å². The van der Waals surface area contributed by atoms with Crippen LogP contribution in [-0.4, -0.2) is 21.9 Å². The first-order valence-corrected chi connectivity index (χ1v) is 8.18. The van der Waals surface area contributed by atoms with Gasteiger partial charge in [-0.25, -0.2) is 4.68 Å². The first-order valence-electron chi connectivity index (χ1n) is 7.80. The van der Waals surface area contributed by atoms with Crippen LogP contribution >= 0.6 is 11.6 Å². The van der Waals surface area contributed by atoms with Gasteiger partial charge in [0.2, 0.25) is 5.95 Å². The highest BCUT2D eigenvalue weighted by atomic mass is 35.5. The minimum atomic E-state index is 0.0856. The molecule has 1 N–H and O–H groups in total. The van der Waals surface area contributed by atoms with E-state index in [1.807, 2.05) is 35.0 Å². The number of anilines is 1. The fourth-order valence-corrected chi connectivity index (χ4v) is 3.45. The molecule has 0 amide bonds. The summed E-state index contributed by atoms with van der Waals surface area (Å²) in [6.07, 6.45) is 2.42. The average Bonchev–Trinajstić information content (AvgIpc) is 3.10. The number of nitrogens with zero attached hydrogens (tertiary/aromatic N) is 3. The highest BCUT2D eigenvalue weighted by molar-refractivity contribution is 6.31. The first kappa shape index (κ1) is 15.0. The van der Waals surface area contributed by atoms with Crippen LogP contribution in [0.1, 0.15) is 29.6 Å². The van der Waals surface area contributed by atoms with Crippen molar-refractivity contribution in [2.75, 3.05) is 12.4 Å². The molecule has 2 atom stereocenters. The van der Waals surface area contributed by atoms with E-state index < -0.39 is 0 Å². The molecule has 3 aromatic rings. The Balaban J connectivity index is 1.72. The van der Waals surface area contributed by atoms with Gasteiger partial charge >= 0.3 is 0 Å². The molecule has 0 saturated carbocycles. The summed E-state index contributed by atoms with van der Waals surface area (Å²) in [6, 6.07) is 16.2. The second kappa shape index (κ2) is 6.17. The van der Waals surface area contributed by atoms with Gasteiger partial charge in [0.25, 0.3) is 0 Å². The van der Waals surface area contributed by atoms with Crippen molar-refractivity contribution in [1.29, 1.82) is 0 Å². The largest absolute Gasteiger partial charge is 0.497 e. The molecule has 0 aliphatic carbocycles. The lowest BCUT2D eigenvalue weighted by Gasteiger charge is -2.32. The normalized spacial score (nSPS) is 19.4. The van der Waals surface area contributed by atoms with E-state index in [-0.39, 0.29) is 12.1 Å². The van der Waals surface area contributed by atoms with Crippen LogP contribution in [-0.2, 0) is 0 Å². The van der Waals surface area contributed by atoms with E-state index in [0.29, 0.717) is 0 Å². The van der Waals surface area contributed by atoms with E-state index in [9.17, 15) is 0 Å². The number of rotatable bonds is 3. The SMILES string of the molecule is COc1ccc([C@H]2C[C@@H](c3ccccc3Cl)Nc3ncnn32)cc1. The average molecular weight is 341 g/mol. The second-order valence-electron chi connectivity index (χ2n) is 5.77. The minimum Gasteiger partial charge on any atom is -0.497 e. The van der Waals surface area contributed by atoms with Gasteiger partial charge in [0, 0.05) is 5.02 Å². The van der Waals surface area contributed by atoms with Crippen molar-refractivity contribution in [2.45, 2.75) is 18.5 Å². The Kier molecular flexibility index (Phi) is 3.86. The highest BCUT2D eigenvalue weighted by Crippen LogP contribution is 2.39. The van der Waals surface area contributed by atoms with Crippen LogP contribution in [0.4, 0.5) is 5.95 Å². The molecule has 122 valence electrons. The molecule has 0 radical (unpaired) electrons. The molecular weight excluding hydrogens is 324 g/mol. The molecule has 4 rings (SSSR count). The van der Waals surface area contributed by atoms with Gasteiger partial charge in [0.05, 0.1) is 19.2 Å². The highest BCUT2D eigenvalue weighted by Gasteiger charge is 2.30. The van der Waals surface area contributed by atoms with E-state index in [1.54, 1.807) is 13.4 Å². The van der Waals surface area contributed by atoms with Crippen molar-refractivity contribution in [1.82, 2.24) is 14.8 Å². The fourth-order valence-electron chi connectivity index (χ4n) is 3.19. The van der Waals surface area contributed by atoms with Crippen molar-refractivity contribution >= 4 is 17.5 Å². The van der Waals surface area contributed by atoms with Gasteiger partial charge in [-0.3, -0.25) is 0 Å². The molecule has 24 heavy (non-hydrogen) atoms. The molecule has 0 bridgehead atoms. The van der Waals surface area contributed by atoms with Crippen molar-refractivity contribution in [3.05, 3.63) is 71.0 Å². The molecule has 2 aromatic carbocycles. The van der Waals surface area contributed by atoms with E-state index in [0.717, 1.165) is 28.7 Å². The van der Waals surface area contributed by atoms with Gasteiger partial charge in [-0.2, -0.15) is 10.1 Å². The summed E-state index contributed by atoms with van der Waals surface area (Å²) in [6.45, 7) is 0. The van der Waals surface area contributed by atoms with Crippen molar-refractivity contribution in [3.63, 3.8) is 0 Å². The van der Waals surface area contributed by atoms with Crippen LogP contribution in [0, 0.1) is 0 Å². The summed E-state index contributed by atoms with van der Waals surface area (Å²) >= 11 is 6.39. The van der Waals surface area contributed by atoms with Crippen LogP contribution in [0.5, 0.6) is 5.75 Å². The molecule has 0 spiro atoms. The third kappa shape index (κ3) is 2.61.